The van der Waals surface area contributed by atoms with Gasteiger partial charge < -0.3 is 19.7 Å². The highest BCUT2D eigenvalue weighted by Gasteiger charge is 2.24. The van der Waals surface area contributed by atoms with Gasteiger partial charge in [-0.1, -0.05) is 23.7 Å². The summed E-state index contributed by atoms with van der Waals surface area (Å²) < 4.78 is 10.7. The summed E-state index contributed by atoms with van der Waals surface area (Å²) in [6, 6.07) is 12.6. The van der Waals surface area contributed by atoms with Gasteiger partial charge in [-0.2, -0.15) is 0 Å². The third-order valence-corrected chi connectivity index (χ3v) is 4.54. The van der Waals surface area contributed by atoms with E-state index in [4.69, 9.17) is 21.1 Å². The molecule has 27 heavy (non-hydrogen) atoms. The topological polar surface area (TPSA) is 67.9 Å². The molecule has 0 bridgehead atoms. The quantitative estimate of drug-likeness (QED) is 0.825. The molecule has 0 unspecified atom stereocenters. The van der Waals surface area contributed by atoms with Gasteiger partial charge >= 0.3 is 0 Å². The Hall–Kier alpha value is -2.73. The zero-order chi connectivity index (χ0) is 19.2. The van der Waals surface area contributed by atoms with Gasteiger partial charge in [-0.05, 0) is 35.9 Å². The lowest BCUT2D eigenvalue weighted by Gasteiger charge is -2.29. The van der Waals surface area contributed by atoms with Gasteiger partial charge in [0.2, 0.25) is 11.8 Å². The molecule has 7 heteroatoms. The van der Waals surface area contributed by atoms with Gasteiger partial charge in [0.05, 0.1) is 19.3 Å². The maximum absolute atomic E-state index is 12.6. The number of nitrogens with zero attached hydrogens (tertiary/aromatic N) is 1. The normalized spacial score (nSPS) is 12.7. The Morgan fingerprint density at radius 2 is 1.96 bits per heavy atom. The standard InChI is InChI=1S/C20H21ClN2O4/c1-26-16-5-2-14(3-6-16)13-22-19(24)8-9-20(25)23-10-11-27-18-7-4-15(21)12-17(18)23/h2-7,12H,8-11,13H2,1H3,(H,22,24). The second kappa shape index (κ2) is 8.77. The third-order valence-electron chi connectivity index (χ3n) is 4.30. The Bertz CT molecular complexity index is 823. The molecule has 0 saturated heterocycles. The molecule has 3 rings (SSSR count). The smallest absolute Gasteiger partial charge is 0.227 e. The van der Waals surface area contributed by atoms with Crippen LogP contribution in [0.2, 0.25) is 5.02 Å². The number of nitrogens with one attached hydrogen (secondary N) is 1. The van der Waals surface area contributed by atoms with Crippen LogP contribution in [0.1, 0.15) is 18.4 Å². The number of halogens is 1. The van der Waals surface area contributed by atoms with E-state index in [1.54, 1.807) is 30.2 Å². The van der Waals surface area contributed by atoms with Crippen molar-refractivity contribution < 1.29 is 19.1 Å². The Labute approximate surface area is 163 Å². The highest BCUT2D eigenvalue weighted by Crippen LogP contribution is 2.34. The van der Waals surface area contributed by atoms with E-state index in [1.807, 2.05) is 24.3 Å². The second-order valence-electron chi connectivity index (χ2n) is 6.13. The maximum Gasteiger partial charge on any atom is 0.227 e. The van der Waals surface area contributed by atoms with Crippen molar-refractivity contribution in [3.63, 3.8) is 0 Å². The van der Waals surface area contributed by atoms with Crippen LogP contribution in [-0.4, -0.2) is 32.1 Å². The van der Waals surface area contributed by atoms with Crippen LogP contribution in [0.4, 0.5) is 5.69 Å². The lowest BCUT2D eigenvalue weighted by atomic mass is 10.2. The van der Waals surface area contributed by atoms with E-state index >= 15 is 0 Å². The molecule has 2 aromatic carbocycles. The monoisotopic (exact) mass is 388 g/mol. The van der Waals surface area contributed by atoms with Gasteiger partial charge in [-0.3, -0.25) is 9.59 Å². The molecule has 1 aliphatic rings. The average Bonchev–Trinajstić information content (AvgIpc) is 2.70. The summed E-state index contributed by atoms with van der Waals surface area (Å²) >= 11 is 6.03. The van der Waals surface area contributed by atoms with Gasteiger partial charge in [0.1, 0.15) is 18.1 Å². The summed E-state index contributed by atoms with van der Waals surface area (Å²) in [7, 11) is 1.61. The van der Waals surface area contributed by atoms with Crippen molar-refractivity contribution in [2.75, 3.05) is 25.2 Å². The summed E-state index contributed by atoms with van der Waals surface area (Å²) in [5.41, 5.74) is 1.62. The number of methoxy groups -OCH3 is 1. The van der Waals surface area contributed by atoms with Crippen molar-refractivity contribution in [1.82, 2.24) is 5.32 Å². The molecule has 0 aromatic heterocycles. The van der Waals surface area contributed by atoms with E-state index in [0.29, 0.717) is 36.2 Å². The largest absolute Gasteiger partial charge is 0.497 e. The Balaban J connectivity index is 1.50. The van der Waals surface area contributed by atoms with Gasteiger partial charge in [-0.15, -0.1) is 0 Å². The number of benzene rings is 2. The van der Waals surface area contributed by atoms with Gasteiger partial charge in [0.15, 0.2) is 0 Å². The Morgan fingerprint density at radius 1 is 1.19 bits per heavy atom. The first-order valence-corrected chi connectivity index (χ1v) is 9.07. The molecule has 2 amide bonds. The molecule has 6 nitrogen and oxygen atoms in total. The van der Waals surface area contributed by atoms with Crippen molar-refractivity contribution in [3.8, 4) is 11.5 Å². The summed E-state index contributed by atoms with van der Waals surface area (Å²) in [6.07, 6.45) is 0.253. The summed E-state index contributed by atoms with van der Waals surface area (Å²) in [5.74, 6) is 1.10. The number of ether oxygens (including phenoxy) is 2. The molecule has 142 valence electrons. The van der Waals surface area contributed by atoms with Crippen LogP contribution in [0.3, 0.4) is 0 Å². The van der Waals surface area contributed by atoms with Crippen molar-refractivity contribution in [3.05, 3.63) is 53.1 Å². The maximum atomic E-state index is 12.6. The molecule has 0 aliphatic carbocycles. The number of anilines is 1. The number of rotatable bonds is 6. The van der Waals surface area contributed by atoms with Gasteiger partial charge in [0, 0.05) is 24.4 Å². The van der Waals surface area contributed by atoms with Crippen LogP contribution in [-0.2, 0) is 16.1 Å². The molecule has 1 N–H and O–H groups in total. The van der Waals surface area contributed by atoms with E-state index < -0.39 is 0 Å². The molecule has 0 atom stereocenters. The fourth-order valence-electron chi connectivity index (χ4n) is 2.84. The first-order chi connectivity index (χ1) is 13.1. The summed E-state index contributed by atoms with van der Waals surface area (Å²) in [5, 5.41) is 3.36. The highest BCUT2D eigenvalue weighted by molar-refractivity contribution is 6.31. The average molecular weight is 389 g/mol. The van der Waals surface area contributed by atoms with Crippen molar-refractivity contribution >= 4 is 29.1 Å². The molecular formula is C20H21ClN2O4. The van der Waals surface area contributed by atoms with Crippen molar-refractivity contribution in [2.24, 2.45) is 0 Å². The van der Waals surface area contributed by atoms with Crippen LogP contribution < -0.4 is 19.7 Å². The minimum Gasteiger partial charge on any atom is -0.497 e. The Kier molecular flexibility index (Phi) is 6.19. The minimum absolute atomic E-state index is 0.124. The number of fused-ring (bicyclic) bond motifs is 1. The first-order valence-electron chi connectivity index (χ1n) is 8.69. The zero-order valence-electron chi connectivity index (χ0n) is 15.0. The summed E-state index contributed by atoms with van der Waals surface area (Å²) in [4.78, 5) is 26.3. The number of hydrogen-bond donors (Lipinski definition) is 1. The SMILES string of the molecule is COc1ccc(CNC(=O)CCC(=O)N2CCOc3ccc(Cl)cc32)cc1. The van der Waals surface area contributed by atoms with Gasteiger partial charge in [0.25, 0.3) is 0 Å². The molecular weight excluding hydrogens is 368 g/mol. The number of hydrogen-bond acceptors (Lipinski definition) is 4. The lowest BCUT2D eigenvalue weighted by Crippen LogP contribution is -2.38. The molecule has 0 radical (unpaired) electrons. The van der Waals surface area contributed by atoms with Gasteiger partial charge in [-0.25, -0.2) is 0 Å². The lowest BCUT2D eigenvalue weighted by molar-refractivity contribution is -0.125. The number of amides is 2. The molecule has 0 saturated carbocycles. The van der Waals surface area contributed by atoms with Crippen LogP contribution in [0.15, 0.2) is 42.5 Å². The van der Waals surface area contributed by atoms with Crippen LogP contribution >= 0.6 is 11.6 Å². The fraction of sp³-hybridized carbons (Fsp3) is 0.300. The molecule has 2 aromatic rings. The van der Waals surface area contributed by atoms with E-state index in [-0.39, 0.29) is 24.7 Å². The molecule has 1 heterocycles. The van der Waals surface area contributed by atoms with E-state index in [9.17, 15) is 9.59 Å². The van der Waals surface area contributed by atoms with E-state index in [1.165, 1.54) is 0 Å². The van der Waals surface area contributed by atoms with Crippen LogP contribution in [0.25, 0.3) is 0 Å². The third kappa shape index (κ3) is 4.92. The fourth-order valence-corrected chi connectivity index (χ4v) is 3.00. The predicted octanol–water partition coefficient (Wildman–Crippen LogP) is 3.17. The van der Waals surface area contributed by atoms with E-state index in [2.05, 4.69) is 5.32 Å². The first kappa shape index (κ1) is 19.0. The molecule has 0 fully saturated rings. The zero-order valence-corrected chi connectivity index (χ0v) is 15.8. The number of carbonyl (C=O) groups is 2. The van der Waals surface area contributed by atoms with Crippen molar-refractivity contribution in [2.45, 2.75) is 19.4 Å². The van der Waals surface area contributed by atoms with Crippen LogP contribution in [0.5, 0.6) is 11.5 Å². The van der Waals surface area contributed by atoms with Crippen LogP contribution in [0, 0.1) is 0 Å². The molecule has 0 spiro atoms. The van der Waals surface area contributed by atoms with Crippen molar-refractivity contribution in [1.29, 1.82) is 0 Å². The predicted molar refractivity (Wildman–Crippen MR) is 103 cm³/mol. The number of carbonyl (C=O) groups excluding carboxylic acids is 2. The Morgan fingerprint density at radius 3 is 2.70 bits per heavy atom. The summed E-state index contributed by atoms with van der Waals surface area (Å²) in [6.45, 7) is 1.27. The molecule has 1 aliphatic heterocycles. The van der Waals surface area contributed by atoms with E-state index in [0.717, 1.165) is 11.3 Å². The highest BCUT2D eigenvalue weighted by atomic mass is 35.5. The second-order valence-corrected chi connectivity index (χ2v) is 6.57. The minimum atomic E-state index is -0.168.